The van der Waals surface area contributed by atoms with E-state index >= 15 is 0 Å². The summed E-state index contributed by atoms with van der Waals surface area (Å²) in [4.78, 5) is 9.25. The molecule has 4 aromatic rings. The lowest BCUT2D eigenvalue weighted by atomic mass is 9.94. The number of thioether (sulfide) groups is 6. The zero-order valence-electron chi connectivity index (χ0n) is 47.6. The van der Waals surface area contributed by atoms with Gasteiger partial charge in [0.15, 0.2) is 0 Å². The molecule has 0 bridgehead atoms. The second-order valence-corrected chi connectivity index (χ2v) is 28.1. The Morgan fingerprint density at radius 3 is 0.444 bits per heavy atom. The highest BCUT2D eigenvalue weighted by molar-refractivity contribution is 8.03. The molecule has 0 aliphatic carbocycles. The SMILES string of the molecule is CCCCCCCCSc1cc2c3cc(SCCCCCCCC)c(SCCCCCCCC)cc3c3cc(SCCCCCCCC)c(SCCCCCCCC)cc3c2cc1SCCCCCCCC. The number of hydrogen-bond donors (Lipinski definition) is 0. The number of fused-ring (bicyclic) bond motifs is 6. The molecule has 0 aliphatic rings. The van der Waals surface area contributed by atoms with Crippen LogP contribution in [0.1, 0.15) is 273 Å². The zero-order valence-corrected chi connectivity index (χ0v) is 52.5. The van der Waals surface area contributed by atoms with Crippen LogP contribution in [-0.4, -0.2) is 34.5 Å². The van der Waals surface area contributed by atoms with Crippen molar-refractivity contribution in [3.8, 4) is 0 Å². The molecule has 0 saturated heterocycles. The zero-order chi connectivity index (χ0) is 51.1. The van der Waals surface area contributed by atoms with E-state index in [1.807, 2.05) is 0 Å². The van der Waals surface area contributed by atoms with Gasteiger partial charge in [0.05, 0.1) is 0 Å². The minimum absolute atomic E-state index is 1.23. The number of hydrogen-bond acceptors (Lipinski definition) is 6. The van der Waals surface area contributed by atoms with E-state index in [1.54, 1.807) is 29.4 Å². The summed E-state index contributed by atoms with van der Waals surface area (Å²) in [5.41, 5.74) is 0. The van der Waals surface area contributed by atoms with Crippen LogP contribution in [0.4, 0.5) is 0 Å². The van der Waals surface area contributed by atoms with Crippen molar-refractivity contribution >= 4 is 103 Å². The second-order valence-electron chi connectivity index (χ2n) is 21.2. The monoisotopic (exact) mass is 1090 g/mol. The molecule has 6 heteroatoms. The number of benzene rings is 4. The van der Waals surface area contributed by atoms with Crippen molar-refractivity contribution in [1.29, 1.82) is 0 Å². The van der Waals surface area contributed by atoms with E-state index in [1.165, 1.54) is 298 Å². The van der Waals surface area contributed by atoms with E-state index in [0.717, 1.165) is 0 Å². The van der Waals surface area contributed by atoms with E-state index < -0.39 is 0 Å². The van der Waals surface area contributed by atoms with Gasteiger partial charge in [0, 0.05) is 29.4 Å². The van der Waals surface area contributed by atoms with Gasteiger partial charge in [-0.3, -0.25) is 0 Å². The van der Waals surface area contributed by atoms with Gasteiger partial charge in [0.2, 0.25) is 0 Å². The quantitative estimate of drug-likeness (QED) is 0.0244. The molecule has 72 heavy (non-hydrogen) atoms. The van der Waals surface area contributed by atoms with Crippen molar-refractivity contribution in [2.24, 2.45) is 0 Å². The smallest absolute Gasteiger partial charge is 0.0215 e. The summed E-state index contributed by atoms with van der Waals surface area (Å²) in [5.74, 6) is 7.36. The third kappa shape index (κ3) is 25.5. The Labute approximate surface area is 472 Å². The standard InChI is InChI=1S/C66H108S6/c1-7-13-19-25-31-37-43-67-61-49-55-56(50-62(61)68-44-38-32-26-20-14-8-2)58-52-64(70-46-40-34-28-22-16-10-4)66(72-48-42-36-30-24-18-12-6)54-60(58)59-53-65(71-47-41-35-29-23-17-11-5)63(51-57(55)59)69-45-39-33-27-21-15-9-3/h49-54H,7-48H2,1-6H3. The largest absolute Gasteiger partial charge is 0.125 e. The molecule has 0 fully saturated rings. The van der Waals surface area contributed by atoms with Gasteiger partial charge < -0.3 is 0 Å². The van der Waals surface area contributed by atoms with E-state index in [-0.39, 0.29) is 0 Å². The fourth-order valence-corrected chi connectivity index (χ4v) is 17.0. The predicted octanol–water partition coefficient (Wildman–Crippen LogP) is 25.9. The molecule has 0 radical (unpaired) electrons. The van der Waals surface area contributed by atoms with E-state index in [2.05, 4.69) is 149 Å². The van der Waals surface area contributed by atoms with Crippen LogP contribution in [0, 0.1) is 0 Å². The summed E-state index contributed by atoms with van der Waals surface area (Å²) in [6.45, 7) is 14.0. The minimum Gasteiger partial charge on any atom is -0.125 e. The van der Waals surface area contributed by atoms with E-state index in [4.69, 9.17) is 0 Å². The van der Waals surface area contributed by atoms with Gasteiger partial charge in [-0.25, -0.2) is 0 Å². The third-order valence-corrected chi connectivity index (χ3v) is 21.9. The maximum Gasteiger partial charge on any atom is 0.0215 e. The molecule has 0 atom stereocenters. The molecule has 0 unspecified atom stereocenters. The van der Waals surface area contributed by atoms with Gasteiger partial charge in [-0.05, 0) is 142 Å². The van der Waals surface area contributed by atoms with Crippen molar-refractivity contribution in [1.82, 2.24) is 0 Å². The van der Waals surface area contributed by atoms with Gasteiger partial charge in [-0.1, -0.05) is 234 Å². The molecule has 4 aromatic carbocycles. The normalized spacial score (nSPS) is 11.9. The fraction of sp³-hybridized carbons (Fsp3) is 0.727. The maximum absolute atomic E-state index is 2.71. The minimum atomic E-state index is 1.23. The van der Waals surface area contributed by atoms with Crippen LogP contribution >= 0.6 is 70.6 Å². The van der Waals surface area contributed by atoms with Gasteiger partial charge in [0.1, 0.15) is 0 Å². The average molecular weight is 1090 g/mol. The lowest BCUT2D eigenvalue weighted by Gasteiger charge is -2.20. The molecule has 0 heterocycles. The Morgan fingerprint density at radius 1 is 0.181 bits per heavy atom. The summed E-state index contributed by atoms with van der Waals surface area (Å²) in [7, 11) is 0. The average Bonchev–Trinajstić information content (AvgIpc) is 3.39. The predicted molar refractivity (Wildman–Crippen MR) is 344 cm³/mol. The van der Waals surface area contributed by atoms with Gasteiger partial charge in [-0.2, -0.15) is 0 Å². The Bertz CT molecular complexity index is 1580. The summed E-state index contributed by atoms with van der Waals surface area (Å²) in [6.07, 6.45) is 49.1. The lowest BCUT2D eigenvalue weighted by molar-refractivity contribution is 0.626. The molecule has 0 aromatic heterocycles. The Balaban J connectivity index is 1.88. The molecule has 0 nitrogen and oxygen atoms in total. The van der Waals surface area contributed by atoms with Crippen LogP contribution in [0.15, 0.2) is 65.8 Å². The van der Waals surface area contributed by atoms with Crippen LogP contribution < -0.4 is 0 Å². The molecule has 0 aliphatic heterocycles. The summed E-state index contributed by atoms with van der Waals surface area (Å²) >= 11 is 13.0. The number of unbranched alkanes of at least 4 members (excludes halogenated alkanes) is 30. The molecule has 0 N–H and O–H groups in total. The number of rotatable bonds is 48. The molecular weight excluding hydrogens is 985 g/mol. The first-order valence-electron chi connectivity index (χ1n) is 30.9. The molecule has 0 amide bonds. The second kappa shape index (κ2) is 42.7. The Morgan fingerprint density at radius 2 is 0.306 bits per heavy atom. The van der Waals surface area contributed by atoms with Gasteiger partial charge in [0.25, 0.3) is 0 Å². The Hall–Kier alpha value is -0.240. The van der Waals surface area contributed by atoms with Crippen molar-refractivity contribution in [2.75, 3.05) is 34.5 Å². The summed E-state index contributed by atoms with van der Waals surface area (Å²) < 4.78 is 0. The van der Waals surface area contributed by atoms with Crippen molar-refractivity contribution < 1.29 is 0 Å². The highest BCUT2D eigenvalue weighted by Crippen LogP contribution is 2.48. The van der Waals surface area contributed by atoms with Crippen LogP contribution in [0.5, 0.6) is 0 Å². The van der Waals surface area contributed by atoms with Crippen molar-refractivity contribution in [2.45, 2.75) is 302 Å². The summed E-state index contributed by atoms with van der Waals surface area (Å²) in [5, 5.41) is 9.00. The van der Waals surface area contributed by atoms with Crippen molar-refractivity contribution in [3.05, 3.63) is 36.4 Å². The van der Waals surface area contributed by atoms with Crippen LogP contribution in [0.3, 0.4) is 0 Å². The van der Waals surface area contributed by atoms with Crippen LogP contribution in [0.25, 0.3) is 32.3 Å². The maximum atomic E-state index is 2.71. The van der Waals surface area contributed by atoms with Gasteiger partial charge in [-0.15, -0.1) is 70.6 Å². The lowest BCUT2D eigenvalue weighted by Crippen LogP contribution is -1.94. The molecule has 408 valence electrons. The molecule has 0 spiro atoms. The highest BCUT2D eigenvalue weighted by atomic mass is 32.2. The van der Waals surface area contributed by atoms with Crippen LogP contribution in [-0.2, 0) is 0 Å². The highest BCUT2D eigenvalue weighted by Gasteiger charge is 2.19. The van der Waals surface area contributed by atoms with E-state index in [9.17, 15) is 0 Å². The molecule has 4 rings (SSSR count). The molecular formula is C66H108S6. The van der Waals surface area contributed by atoms with E-state index in [0.29, 0.717) is 0 Å². The topological polar surface area (TPSA) is 0 Å². The molecule has 0 saturated carbocycles. The van der Waals surface area contributed by atoms with Crippen molar-refractivity contribution in [3.63, 3.8) is 0 Å². The third-order valence-electron chi connectivity index (χ3n) is 14.7. The summed E-state index contributed by atoms with van der Waals surface area (Å²) in [6, 6.07) is 16.2. The first-order chi connectivity index (χ1) is 35.6. The fourth-order valence-electron chi connectivity index (χ4n) is 10.1. The van der Waals surface area contributed by atoms with Gasteiger partial charge >= 0.3 is 0 Å². The first kappa shape index (κ1) is 64.3. The van der Waals surface area contributed by atoms with Crippen LogP contribution in [0.2, 0.25) is 0 Å². The first-order valence-corrected chi connectivity index (χ1v) is 36.8. The Kier molecular flexibility index (Phi) is 38.2.